The summed E-state index contributed by atoms with van der Waals surface area (Å²) >= 11 is 7.29. The Labute approximate surface area is 227 Å². The number of aryl methyl sites for hydroxylation is 1. The highest BCUT2D eigenvalue weighted by Crippen LogP contribution is 2.35. The number of nitrogens with zero attached hydrogens (tertiary/aromatic N) is 1. The van der Waals surface area contributed by atoms with Crippen molar-refractivity contribution in [2.75, 3.05) is 71.0 Å². The zero-order chi connectivity index (χ0) is 25.7. The lowest BCUT2D eigenvalue weighted by Gasteiger charge is -2.07. The quantitative estimate of drug-likeness (QED) is 0.268. The van der Waals surface area contributed by atoms with Crippen LogP contribution < -0.4 is 11.1 Å². The average molecular weight is 587 g/mol. The first-order chi connectivity index (χ1) is 16.7. The summed E-state index contributed by atoms with van der Waals surface area (Å²) < 4.78 is 45.2. The van der Waals surface area contributed by atoms with Gasteiger partial charge in [-0.15, -0.1) is 12.4 Å². The Kier molecular flexibility index (Phi) is 15.6. The molecule has 1 aromatic carbocycles. The number of amides is 1. The van der Waals surface area contributed by atoms with Crippen LogP contribution in [0.25, 0.3) is 10.4 Å². The molecule has 0 saturated heterocycles. The van der Waals surface area contributed by atoms with E-state index < -0.39 is 9.84 Å². The van der Waals surface area contributed by atoms with Crippen molar-refractivity contribution in [1.82, 2.24) is 4.98 Å². The number of aromatic nitrogens is 1. The summed E-state index contributed by atoms with van der Waals surface area (Å²) in [6.45, 7) is 5.75. The smallest absolute Gasteiger partial charge is 0.228 e. The van der Waals surface area contributed by atoms with Gasteiger partial charge in [0.2, 0.25) is 5.91 Å². The van der Waals surface area contributed by atoms with E-state index >= 15 is 0 Å². The number of nitrogens with two attached hydrogens (primary N) is 1. The molecule has 10 nitrogen and oxygen atoms in total. The van der Waals surface area contributed by atoms with E-state index in [0.29, 0.717) is 69.2 Å². The minimum atomic E-state index is -3.47. The SMILES string of the molecule is Cc1nc(NC(=O)CCOCCOCCOCCOCCN)sc1-c1ccc(Cl)c(S(C)(=O)=O)c1.Cl. The van der Waals surface area contributed by atoms with Gasteiger partial charge in [0.15, 0.2) is 15.0 Å². The van der Waals surface area contributed by atoms with Crippen LogP contribution >= 0.6 is 35.3 Å². The molecule has 1 amide bonds. The lowest BCUT2D eigenvalue weighted by Crippen LogP contribution is -2.16. The van der Waals surface area contributed by atoms with Crippen molar-refractivity contribution in [3.8, 4) is 10.4 Å². The summed E-state index contributed by atoms with van der Waals surface area (Å²) in [5, 5.41) is 3.34. The monoisotopic (exact) mass is 585 g/mol. The Morgan fingerprint density at radius 2 is 1.58 bits per heavy atom. The average Bonchev–Trinajstić information content (AvgIpc) is 3.16. The van der Waals surface area contributed by atoms with E-state index in [1.54, 1.807) is 19.1 Å². The lowest BCUT2D eigenvalue weighted by atomic mass is 10.2. The van der Waals surface area contributed by atoms with Crippen LogP contribution in [0.5, 0.6) is 0 Å². The Morgan fingerprint density at radius 1 is 1.03 bits per heavy atom. The van der Waals surface area contributed by atoms with Gasteiger partial charge >= 0.3 is 0 Å². The van der Waals surface area contributed by atoms with E-state index in [0.717, 1.165) is 11.1 Å². The highest BCUT2D eigenvalue weighted by atomic mass is 35.5. The molecule has 0 fully saturated rings. The highest BCUT2D eigenvalue weighted by Gasteiger charge is 2.17. The number of carbonyl (C=O) groups excluding carboxylic acids is 1. The van der Waals surface area contributed by atoms with Crippen molar-refractivity contribution >= 4 is 56.2 Å². The Balaban J connectivity index is 0.00000648. The van der Waals surface area contributed by atoms with Crippen molar-refractivity contribution in [2.24, 2.45) is 5.73 Å². The van der Waals surface area contributed by atoms with E-state index in [1.165, 1.54) is 17.4 Å². The van der Waals surface area contributed by atoms with Crippen molar-refractivity contribution < 1.29 is 32.2 Å². The van der Waals surface area contributed by atoms with Gasteiger partial charge in [-0.3, -0.25) is 4.79 Å². The standard InChI is InChI=1S/C22H32ClN3O7S2.ClH/c1-16-21(17-3-4-18(23)19(15-17)35(2,28)29)34-22(25-16)26-20(27)5-7-30-9-11-32-13-14-33-12-10-31-8-6-24;/h3-4,15H,5-14,24H2,1-2H3,(H,25,26,27);1H. The molecule has 0 saturated carbocycles. The van der Waals surface area contributed by atoms with Gasteiger partial charge in [-0.2, -0.15) is 0 Å². The molecule has 0 bridgehead atoms. The van der Waals surface area contributed by atoms with Gasteiger partial charge < -0.3 is 30.0 Å². The molecule has 2 rings (SSSR count). The van der Waals surface area contributed by atoms with E-state index in [4.69, 9.17) is 36.3 Å². The molecule has 0 aliphatic rings. The number of ether oxygens (including phenoxy) is 4. The van der Waals surface area contributed by atoms with Gasteiger partial charge in [0, 0.05) is 12.8 Å². The van der Waals surface area contributed by atoms with Gasteiger partial charge in [-0.25, -0.2) is 13.4 Å². The summed E-state index contributed by atoms with van der Waals surface area (Å²) in [6.07, 6.45) is 1.27. The molecule has 204 valence electrons. The predicted octanol–water partition coefficient (Wildman–Crippen LogP) is 2.95. The molecule has 2 aromatic rings. The molecular formula is C22H33Cl2N3O7S2. The highest BCUT2D eigenvalue weighted by molar-refractivity contribution is 7.90. The van der Waals surface area contributed by atoms with Gasteiger partial charge in [-0.1, -0.05) is 29.0 Å². The van der Waals surface area contributed by atoms with Crippen LogP contribution in [0.1, 0.15) is 12.1 Å². The van der Waals surface area contributed by atoms with E-state index in [2.05, 4.69) is 10.3 Å². The van der Waals surface area contributed by atoms with Gasteiger partial charge in [0.1, 0.15) is 0 Å². The predicted molar refractivity (Wildman–Crippen MR) is 143 cm³/mol. The number of hydrogen-bond donors (Lipinski definition) is 2. The molecule has 0 aliphatic carbocycles. The zero-order valence-corrected chi connectivity index (χ0v) is 23.5. The van der Waals surface area contributed by atoms with E-state index in [1.807, 2.05) is 0 Å². The maximum atomic E-state index is 12.2. The molecular weight excluding hydrogens is 553 g/mol. The van der Waals surface area contributed by atoms with Crippen LogP contribution in [0, 0.1) is 6.92 Å². The number of nitrogens with one attached hydrogen (secondary N) is 1. The number of hydrogen-bond acceptors (Lipinski definition) is 10. The minimum absolute atomic E-state index is 0. The first kappa shape index (κ1) is 32.7. The third kappa shape index (κ3) is 11.8. The molecule has 0 spiro atoms. The molecule has 0 aliphatic heterocycles. The van der Waals surface area contributed by atoms with E-state index in [9.17, 15) is 13.2 Å². The number of thiazole rings is 1. The zero-order valence-electron chi connectivity index (χ0n) is 20.3. The summed E-state index contributed by atoms with van der Waals surface area (Å²) in [5.41, 5.74) is 6.65. The van der Waals surface area contributed by atoms with Crippen molar-refractivity contribution in [1.29, 1.82) is 0 Å². The maximum Gasteiger partial charge on any atom is 0.228 e. The second kappa shape index (κ2) is 17.2. The molecule has 1 aromatic heterocycles. The number of benzene rings is 1. The van der Waals surface area contributed by atoms with Crippen LogP contribution in [0.4, 0.5) is 5.13 Å². The van der Waals surface area contributed by atoms with Crippen LogP contribution in [0.15, 0.2) is 23.1 Å². The van der Waals surface area contributed by atoms with E-state index in [-0.39, 0.29) is 41.3 Å². The molecule has 36 heavy (non-hydrogen) atoms. The molecule has 3 N–H and O–H groups in total. The first-order valence-corrected chi connectivity index (χ1v) is 14.1. The van der Waals surface area contributed by atoms with Crippen molar-refractivity contribution in [3.63, 3.8) is 0 Å². The van der Waals surface area contributed by atoms with Crippen molar-refractivity contribution in [2.45, 2.75) is 18.2 Å². The lowest BCUT2D eigenvalue weighted by molar-refractivity contribution is -0.117. The third-order valence-electron chi connectivity index (χ3n) is 4.49. The molecule has 14 heteroatoms. The summed E-state index contributed by atoms with van der Waals surface area (Å²) in [5.74, 6) is -0.232. The third-order valence-corrected chi connectivity index (χ3v) is 7.19. The molecule has 0 atom stereocenters. The largest absolute Gasteiger partial charge is 0.379 e. The second-order valence-corrected chi connectivity index (χ2v) is 10.8. The minimum Gasteiger partial charge on any atom is -0.379 e. The molecule has 0 unspecified atom stereocenters. The fourth-order valence-electron chi connectivity index (χ4n) is 2.84. The summed E-state index contributed by atoms with van der Waals surface area (Å²) in [7, 11) is -3.47. The number of sulfone groups is 1. The van der Waals surface area contributed by atoms with Gasteiger partial charge in [0.25, 0.3) is 0 Å². The summed E-state index contributed by atoms with van der Waals surface area (Å²) in [4.78, 5) is 17.4. The Morgan fingerprint density at radius 3 is 2.14 bits per heavy atom. The van der Waals surface area contributed by atoms with Gasteiger partial charge in [-0.05, 0) is 24.6 Å². The fraction of sp³-hybridized carbons (Fsp3) is 0.545. The number of rotatable bonds is 17. The first-order valence-electron chi connectivity index (χ1n) is 11.0. The number of anilines is 1. The van der Waals surface area contributed by atoms with Crippen molar-refractivity contribution in [3.05, 3.63) is 28.9 Å². The second-order valence-electron chi connectivity index (χ2n) is 7.39. The molecule has 1 heterocycles. The maximum absolute atomic E-state index is 12.2. The summed E-state index contributed by atoms with van der Waals surface area (Å²) in [6, 6.07) is 4.78. The number of halogens is 2. The topological polar surface area (TPSA) is 139 Å². The van der Waals surface area contributed by atoms with Gasteiger partial charge in [0.05, 0.1) is 79.8 Å². The number of carbonyl (C=O) groups is 1. The Bertz CT molecular complexity index is 1050. The van der Waals surface area contributed by atoms with Crippen LogP contribution in [0.2, 0.25) is 5.02 Å². The van der Waals surface area contributed by atoms with Crippen LogP contribution in [-0.4, -0.2) is 85.0 Å². The normalized spacial score (nSPS) is 11.3. The molecule has 0 radical (unpaired) electrons. The fourth-order valence-corrected chi connectivity index (χ4v) is 5.12. The van der Waals surface area contributed by atoms with Crippen LogP contribution in [0.3, 0.4) is 0 Å². The Hall–Kier alpha value is -1.35. The van der Waals surface area contributed by atoms with Crippen LogP contribution in [-0.2, 0) is 33.6 Å².